The molecular weight excluding hydrogens is 433 g/mol. The van der Waals surface area contributed by atoms with Gasteiger partial charge in [0, 0.05) is 30.2 Å². The first kappa shape index (κ1) is 19.7. The average Bonchev–Trinajstić information content (AvgIpc) is 3.57. The summed E-state index contributed by atoms with van der Waals surface area (Å²) < 4.78 is 14.2. The van der Waals surface area contributed by atoms with Gasteiger partial charge in [0.2, 0.25) is 0 Å². The Kier molecular flexibility index (Phi) is 4.82. The van der Waals surface area contributed by atoms with Crippen LogP contribution in [0.25, 0.3) is 0 Å². The summed E-state index contributed by atoms with van der Waals surface area (Å²) in [6.07, 6.45) is 5.65. The number of rotatable bonds is 7. The largest absolute Gasteiger partial charge is 0.442 e. The van der Waals surface area contributed by atoms with Gasteiger partial charge in [-0.25, -0.2) is 9.48 Å². The van der Waals surface area contributed by atoms with Crippen molar-refractivity contribution in [2.75, 3.05) is 16.4 Å². The van der Waals surface area contributed by atoms with Gasteiger partial charge in [0.1, 0.15) is 6.10 Å². The van der Waals surface area contributed by atoms with Crippen LogP contribution in [0.5, 0.6) is 0 Å². The first-order chi connectivity index (χ1) is 15.7. The fourth-order valence-corrected chi connectivity index (χ4v) is 5.01. The molecule has 0 bridgehead atoms. The molecule has 32 heavy (non-hydrogen) atoms. The van der Waals surface area contributed by atoms with Crippen molar-refractivity contribution in [1.82, 2.24) is 24.8 Å². The van der Waals surface area contributed by atoms with Crippen LogP contribution in [-0.2, 0) is 41.9 Å². The maximum absolute atomic E-state index is 12.6. The van der Waals surface area contributed by atoms with Gasteiger partial charge >= 0.3 is 6.09 Å². The molecule has 3 aliphatic rings. The third-order valence-corrected chi connectivity index (χ3v) is 6.61. The Morgan fingerprint density at radius 1 is 1.25 bits per heavy atom. The van der Waals surface area contributed by atoms with Gasteiger partial charge in [-0.2, -0.15) is 5.10 Å². The molecule has 11 nitrogen and oxygen atoms in total. The molecule has 1 aromatic carbocycles. The summed E-state index contributed by atoms with van der Waals surface area (Å²) in [4.78, 5) is 25.4. The van der Waals surface area contributed by atoms with Crippen LogP contribution in [0.1, 0.15) is 16.8 Å². The van der Waals surface area contributed by atoms with Gasteiger partial charge in [0.25, 0.3) is 0 Å². The second-order valence-electron chi connectivity index (χ2n) is 8.16. The number of nitrogens with zero attached hydrogens (tertiary/aromatic N) is 7. The van der Waals surface area contributed by atoms with Gasteiger partial charge in [-0.05, 0) is 30.2 Å². The lowest BCUT2D eigenvalue weighted by Crippen LogP contribution is -2.35. The zero-order chi connectivity index (χ0) is 21.7. The maximum Gasteiger partial charge on any atom is 0.415 e. The number of cyclic esters (lactones) is 1. The average molecular weight is 455 g/mol. The third kappa shape index (κ3) is 3.33. The monoisotopic (exact) mass is 455 g/mol. The van der Waals surface area contributed by atoms with Crippen LogP contribution in [0.4, 0.5) is 16.2 Å². The molecule has 2 aromatic heterocycles. The van der Waals surface area contributed by atoms with Crippen molar-refractivity contribution in [3.63, 3.8) is 0 Å². The fourth-order valence-electron chi connectivity index (χ4n) is 4.82. The number of carbonyl (C=O) groups is 1. The number of benzene rings is 1. The van der Waals surface area contributed by atoms with Gasteiger partial charge in [-0.15, -0.1) is 5.10 Å². The van der Waals surface area contributed by atoms with E-state index in [1.807, 2.05) is 16.9 Å². The number of aromatic nitrogens is 5. The zero-order valence-corrected chi connectivity index (χ0v) is 18.2. The predicted octanol–water partition coefficient (Wildman–Crippen LogP) is 1.46. The van der Waals surface area contributed by atoms with Crippen LogP contribution in [0.3, 0.4) is 0 Å². The normalized spacial score (nSPS) is 21.5. The quantitative estimate of drug-likeness (QED) is 0.421. The summed E-state index contributed by atoms with van der Waals surface area (Å²) in [5, 5.41) is 12.5. The van der Waals surface area contributed by atoms with E-state index in [0.717, 1.165) is 42.1 Å². The summed E-state index contributed by atoms with van der Waals surface area (Å²) in [5.74, 6) is 0. The number of carbonyl (C=O) groups excluding carboxylic acids is 1. The minimum Gasteiger partial charge on any atom is -0.442 e. The van der Waals surface area contributed by atoms with E-state index in [-0.39, 0.29) is 18.2 Å². The zero-order valence-electron chi connectivity index (χ0n) is 17.2. The minimum atomic E-state index is -0.490. The molecule has 3 aliphatic heterocycles. The molecule has 5 heterocycles. The second kappa shape index (κ2) is 7.84. The van der Waals surface area contributed by atoms with Gasteiger partial charge in [0.05, 0.1) is 49.9 Å². The van der Waals surface area contributed by atoms with Crippen molar-refractivity contribution >= 4 is 26.5 Å². The van der Waals surface area contributed by atoms with Crippen molar-refractivity contribution in [2.24, 2.45) is 0 Å². The predicted molar refractivity (Wildman–Crippen MR) is 115 cm³/mol. The highest BCUT2D eigenvalue weighted by atomic mass is 31.1. The summed E-state index contributed by atoms with van der Waals surface area (Å²) >= 11 is 0. The summed E-state index contributed by atoms with van der Waals surface area (Å²) in [6.45, 7) is 3.10. The number of ether oxygens (including phenoxy) is 1. The first-order valence-electron chi connectivity index (χ1n) is 10.5. The molecule has 0 radical (unpaired) electrons. The topological polar surface area (TPSA) is 111 Å². The Hall–Kier alpha value is -3.01. The van der Waals surface area contributed by atoms with E-state index in [1.54, 1.807) is 22.0 Å². The van der Waals surface area contributed by atoms with Crippen molar-refractivity contribution < 1.29 is 18.9 Å². The second-order valence-corrected chi connectivity index (χ2v) is 8.63. The molecule has 1 unspecified atom stereocenters. The molecule has 3 aromatic rings. The van der Waals surface area contributed by atoms with E-state index >= 15 is 0 Å². The highest BCUT2D eigenvalue weighted by molar-refractivity contribution is 7.24. The van der Waals surface area contributed by atoms with Crippen LogP contribution in [-0.4, -0.2) is 54.5 Å². The molecule has 12 heteroatoms. The molecular formula is C20H22N7O4P. The Balaban J connectivity index is 1.16. The van der Waals surface area contributed by atoms with Gasteiger partial charge in [-0.3, -0.25) is 9.58 Å². The summed E-state index contributed by atoms with van der Waals surface area (Å²) in [5.41, 5.74) is 5.48. The third-order valence-electron chi connectivity index (χ3n) is 6.28. The molecule has 166 valence electrons. The van der Waals surface area contributed by atoms with Crippen molar-refractivity contribution in [1.29, 1.82) is 0 Å². The van der Waals surface area contributed by atoms with Crippen molar-refractivity contribution in [3.05, 3.63) is 53.6 Å². The van der Waals surface area contributed by atoms with E-state index in [1.165, 1.54) is 5.56 Å². The molecule has 0 saturated carbocycles. The molecule has 1 fully saturated rings. The minimum absolute atomic E-state index is 0.0303. The molecule has 0 aliphatic carbocycles. The van der Waals surface area contributed by atoms with Gasteiger partial charge in [-0.1, -0.05) is 5.21 Å². The van der Waals surface area contributed by atoms with Gasteiger partial charge in [0.15, 0.2) is 9.03 Å². The lowest BCUT2D eigenvalue weighted by Gasteiger charge is -2.20. The number of hydrogen-bond donors (Lipinski definition) is 1. The fraction of sp³-hybridized carbons (Fsp3) is 0.400. The number of hydrogen-bond acceptors (Lipinski definition) is 8. The number of fused-ring (bicyclic) bond motifs is 4. The molecule has 1 saturated heterocycles. The smallest absolute Gasteiger partial charge is 0.415 e. The summed E-state index contributed by atoms with van der Waals surface area (Å²) in [6, 6.07) is 6.24. The van der Waals surface area contributed by atoms with E-state index in [4.69, 9.17) is 14.2 Å². The van der Waals surface area contributed by atoms with E-state index in [9.17, 15) is 4.79 Å². The van der Waals surface area contributed by atoms with Crippen LogP contribution in [0.15, 0.2) is 36.8 Å². The van der Waals surface area contributed by atoms with Crippen LogP contribution in [0, 0.1) is 0 Å². The molecule has 1 amide bonds. The molecule has 1 N–H and O–H groups in total. The van der Waals surface area contributed by atoms with Crippen molar-refractivity contribution in [3.8, 4) is 0 Å². The van der Waals surface area contributed by atoms with E-state index in [2.05, 4.69) is 32.4 Å². The molecule has 6 rings (SSSR count). The highest BCUT2D eigenvalue weighted by Crippen LogP contribution is 2.41. The van der Waals surface area contributed by atoms with Crippen LogP contribution in [0.2, 0.25) is 0 Å². The van der Waals surface area contributed by atoms with E-state index < -0.39 is 9.03 Å². The maximum atomic E-state index is 12.6. The van der Waals surface area contributed by atoms with E-state index in [0.29, 0.717) is 19.7 Å². The van der Waals surface area contributed by atoms with Gasteiger partial charge < -0.3 is 19.1 Å². The van der Waals surface area contributed by atoms with Crippen LogP contribution >= 0.6 is 9.03 Å². The number of anilines is 2. The van der Waals surface area contributed by atoms with Crippen molar-refractivity contribution in [2.45, 2.75) is 44.7 Å². The number of amides is 1. The Bertz CT molecular complexity index is 1130. The lowest BCUT2D eigenvalue weighted by molar-refractivity contribution is 0.117. The Morgan fingerprint density at radius 2 is 2.19 bits per heavy atom. The lowest BCUT2D eigenvalue weighted by atomic mass is 10.0. The molecule has 3 atom stereocenters. The summed E-state index contributed by atoms with van der Waals surface area (Å²) in [7, 11) is -0.490. The Labute approximate surface area is 185 Å². The highest BCUT2D eigenvalue weighted by Gasteiger charge is 2.47. The van der Waals surface area contributed by atoms with Crippen LogP contribution < -0.4 is 9.80 Å². The first-order valence-corrected chi connectivity index (χ1v) is 11.3. The Morgan fingerprint density at radius 3 is 3.00 bits per heavy atom. The standard InChI is InChI=1S/C20H22N7O4P/c28-20-27-17-2-1-15(24-9-14-10-25(5-6-30-32-29)22-16(14)11-24)7-13(17)8-18(27)19(31-20)12-26-4-3-21-23-26/h1-4,7,10,18-19,29,32H,5-6,8-9,11-12H2/t18-,19-/m0/s1. The molecule has 0 spiro atoms. The SMILES string of the molecule is O=C1O[C@@H](Cn2ccnn2)[C@@H]2Cc3cc(N4Cc5cn(CCOPO)nc5C4)ccc3N12.